The first-order valence-corrected chi connectivity index (χ1v) is 7.37. The number of aromatic nitrogens is 4. The van der Waals surface area contributed by atoms with Crippen molar-refractivity contribution in [1.82, 2.24) is 18.7 Å². The maximum absolute atomic E-state index is 12.2. The van der Waals surface area contributed by atoms with E-state index in [1.54, 1.807) is 18.7 Å². The van der Waals surface area contributed by atoms with Crippen LogP contribution in [0.25, 0.3) is 11.2 Å². The molecule has 2 aromatic heterocycles. The minimum Gasteiger partial charge on any atom is -0.462 e. The first-order chi connectivity index (χ1) is 10.5. The molecule has 0 bridgehead atoms. The van der Waals surface area contributed by atoms with Gasteiger partial charge < -0.3 is 9.47 Å². The fourth-order valence-electron chi connectivity index (χ4n) is 2.73. The summed E-state index contributed by atoms with van der Waals surface area (Å²) < 4.78 is 15.3. The van der Waals surface area contributed by atoms with E-state index >= 15 is 0 Å². The molecule has 3 heterocycles. The summed E-state index contributed by atoms with van der Waals surface area (Å²) in [5.74, 6) is 0. The predicted octanol–water partition coefficient (Wildman–Crippen LogP) is -0.0814. The Morgan fingerprint density at radius 1 is 1.18 bits per heavy atom. The molecule has 0 N–H and O–H groups in total. The molecule has 8 nitrogen and oxygen atoms in total. The first kappa shape index (κ1) is 14.8. The third-order valence-electron chi connectivity index (χ3n) is 4.11. The van der Waals surface area contributed by atoms with Gasteiger partial charge in [0.2, 0.25) is 0 Å². The normalized spacial score (nSPS) is 18.8. The number of aryl methyl sites for hydroxylation is 2. The highest BCUT2D eigenvalue weighted by Gasteiger charge is 2.20. The second-order valence-corrected chi connectivity index (χ2v) is 5.63. The van der Waals surface area contributed by atoms with Crippen molar-refractivity contribution in [3.8, 4) is 6.01 Å². The molecule has 1 aliphatic rings. The molecule has 0 aromatic carbocycles. The van der Waals surface area contributed by atoms with Gasteiger partial charge in [0.1, 0.15) is 6.61 Å². The summed E-state index contributed by atoms with van der Waals surface area (Å²) in [5, 5.41) is 0. The van der Waals surface area contributed by atoms with E-state index in [2.05, 4.69) is 4.98 Å². The summed E-state index contributed by atoms with van der Waals surface area (Å²) in [6.07, 6.45) is 3.23. The van der Waals surface area contributed by atoms with E-state index in [0.717, 1.165) is 30.4 Å². The minimum atomic E-state index is -0.405. The van der Waals surface area contributed by atoms with Gasteiger partial charge in [-0.05, 0) is 19.3 Å². The Morgan fingerprint density at radius 2 is 1.95 bits per heavy atom. The summed E-state index contributed by atoms with van der Waals surface area (Å²) in [6.45, 7) is 1.15. The van der Waals surface area contributed by atoms with Crippen LogP contribution in [0, 0.1) is 0 Å². The quantitative estimate of drug-likeness (QED) is 0.792. The third-order valence-corrected chi connectivity index (χ3v) is 4.11. The van der Waals surface area contributed by atoms with Gasteiger partial charge in [-0.25, -0.2) is 4.79 Å². The molecule has 3 rings (SSSR count). The van der Waals surface area contributed by atoms with Crippen LogP contribution in [0.4, 0.5) is 0 Å². The lowest BCUT2D eigenvalue weighted by Gasteiger charge is -2.22. The molecule has 1 atom stereocenters. The zero-order valence-corrected chi connectivity index (χ0v) is 13.0. The Morgan fingerprint density at radius 3 is 2.64 bits per heavy atom. The molecule has 0 saturated carbocycles. The van der Waals surface area contributed by atoms with Gasteiger partial charge in [-0.1, -0.05) is 0 Å². The largest absolute Gasteiger partial charge is 0.462 e. The number of nitrogens with zero attached hydrogens (tertiary/aromatic N) is 4. The van der Waals surface area contributed by atoms with Crippen molar-refractivity contribution < 1.29 is 9.47 Å². The summed E-state index contributed by atoms with van der Waals surface area (Å²) in [4.78, 5) is 28.5. The summed E-state index contributed by atoms with van der Waals surface area (Å²) in [7, 11) is 4.75. The number of fused-ring (bicyclic) bond motifs is 1. The van der Waals surface area contributed by atoms with Crippen molar-refractivity contribution in [1.29, 1.82) is 0 Å². The molecule has 8 heteroatoms. The highest BCUT2D eigenvalue weighted by Crippen LogP contribution is 2.18. The molecule has 1 unspecified atom stereocenters. The van der Waals surface area contributed by atoms with Crippen LogP contribution in [0.1, 0.15) is 19.3 Å². The molecule has 0 aliphatic carbocycles. The van der Waals surface area contributed by atoms with Crippen molar-refractivity contribution in [2.45, 2.75) is 25.4 Å². The van der Waals surface area contributed by atoms with E-state index in [0.29, 0.717) is 23.8 Å². The number of hydrogen-bond acceptors (Lipinski definition) is 5. The molecule has 1 saturated heterocycles. The monoisotopic (exact) mass is 308 g/mol. The zero-order valence-electron chi connectivity index (χ0n) is 13.0. The summed E-state index contributed by atoms with van der Waals surface area (Å²) in [6, 6.07) is 0.322. The summed E-state index contributed by atoms with van der Waals surface area (Å²) >= 11 is 0. The zero-order chi connectivity index (χ0) is 15.9. The fraction of sp³-hybridized carbons (Fsp3) is 0.643. The van der Waals surface area contributed by atoms with Gasteiger partial charge in [0.25, 0.3) is 11.6 Å². The Bertz CT molecular complexity index is 811. The maximum Gasteiger partial charge on any atom is 0.332 e. The standard InChI is InChI=1S/C14H20N4O4/c1-16-10-11(17(2)14(20)18(3)12(10)19)15-13(16)22-8-9-6-4-5-7-21-9/h9H,4-8H2,1-3H3. The van der Waals surface area contributed by atoms with Crippen molar-refractivity contribution in [2.24, 2.45) is 21.1 Å². The molecule has 1 aliphatic heterocycles. The Balaban J connectivity index is 1.96. The average molecular weight is 308 g/mol. The van der Waals surface area contributed by atoms with Crippen LogP contribution < -0.4 is 16.0 Å². The molecule has 0 spiro atoms. The second-order valence-electron chi connectivity index (χ2n) is 5.63. The lowest BCUT2D eigenvalue weighted by atomic mass is 10.1. The van der Waals surface area contributed by atoms with Crippen molar-refractivity contribution in [3.05, 3.63) is 20.8 Å². The average Bonchev–Trinajstić information content (AvgIpc) is 2.87. The molecule has 1 fully saturated rings. The van der Waals surface area contributed by atoms with E-state index in [1.165, 1.54) is 11.6 Å². The molecule has 2 aromatic rings. The maximum atomic E-state index is 12.2. The molecule has 0 amide bonds. The van der Waals surface area contributed by atoms with Crippen LogP contribution >= 0.6 is 0 Å². The minimum absolute atomic E-state index is 0.0558. The van der Waals surface area contributed by atoms with Crippen LogP contribution in [0.2, 0.25) is 0 Å². The second kappa shape index (κ2) is 5.60. The Hall–Kier alpha value is -2.09. The van der Waals surface area contributed by atoms with E-state index < -0.39 is 5.69 Å². The molecule has 22 heavy (non-hydrogen) atoms. The summed E-state index contributed by atoms with van der Waals surface area (Å²) in [5.41, 5.74) is -0.103. The van der Waals surface area contributed by atoms with Gasteiger partial charge in [-0.3, -0.25) is 18.5 Å². The van der Waals surface area contributed by atoms with Gasteiger partial charge in [-0.2, -0.15) is 4.98 Å². The van der Waals surface area contributed by atoms with Crippen molar-refractivity contribution >= 4 is 11.2 Å². The van der Waals surface area contributed by atoms with Crippen molar-refractivity contribution in [2.75, 3.05) is 13.2 Å². The fourth-order valence-corrected chi connectivity index (χ4v) is 2.73. The van der Waals surface area contributed by atoms with E-state index in [9.17, 15) is 9.59 Å². The van der Waals surface area contributed by atoms with Crippen LogP contribution in [-0.4, -0.2) is 38.0 Å². The van der Waals surface area contributed by atoms with Gasteiger partial charge in [0.05, 0.1) is 6.10 Å². The number of ether oxygens (including phenoxy) is 2. The lowest BCUT2D eigenvalue weighted by molar-refractivity contribution is -0.0133. The first-order valence-electron chi connectivity index (χ1n) is 7.37. The van der Waals surface area contributed by atoms with Gasteiger partial charge in [0.15, 0.2) is 11.2 Å². The predicted molar refractivity (Wildman–Crippen MR) is 80.3 cm³/mol. The SMILES string of the molecule is Cn1c(=O)c2c(nc(OCC3CCCCO3)n2C)n(C)c1=O. The molecule has 0 radical (unpaired) electrons. The molecular formula is C14H20N4O4. The Labute approximate surface area is 126 Å². The van der Waals surface area contributed by atoms with E-state index in [-0.39, 0.29) is 11.7 Å². The highest BCUT2D eigenvalue weighted by atomic mass is 16.5. The third kappa shape index (κ3) is 2.33. The lowest BCUT2D eigenvalue weighted by Crippen LogP contribution is -2.37. The smallest absolute Gasteiger partial charge is 0.332 e. The van der Waals surface area contributed by atoms with Gasteiger partial charge >= 0.3 is 5.69 Å². The van der Waals surface area contributed by atoms with Gasteiger partial charge in [-0.15, -0.1) is 0 Å². The van der Waals surface area contributed by atoms with E-state index in [4.69, 9.17) is 9.47 Å². The number of hydrogen-bond donors (Lipinski definition) is 0. The Kier molecular flexibility index (Phi) is 3.78. The molecular weight excluding hydrogens is 288 g/mol. The highest BCUT2D eigenvalue weighted by molar-refractivity contribution is 5.71. The van der Waals surface area contributed by atoms with Crippen molar-refractivity contribution in [3.63, 3.8) is 0 Å². The van der Waals surface area contributed by atoms with E-state index in [1.807, 2.05) is 0 Å². The number of rotatable bonds is 3. The van der Waals surface area contributed by atoms with Gasteiger partial charge in [0, 0.05) is 27.7 Å². The van der Waals surface area contributed by atoms with Crippen LogP contribution in [0.15, 0.2) is 9.59 Å². The van der Waals surface area contributed by atoms with Crippen LogP contribution in [0.5, 0.6) is 6.01 Å². The number of imidazole rings is 1. The van der Waals surface area contributed by atoms with Crippen LogP contribution in [-0.2, 0) is 25.9 Å². The topological polar surface area (TPSA) is 80.3 Å². The van der Waals surface area contributed by atoms with Crippen LogP contribution in [0.3, 0.4) is 0 Å². The molecule has 120 valence electrons.